The number of rotatable bonds is 10. The Kier molecular flexibility index (Phi) is 8.67. The number of phenols is 1. The molecule has 1 aliphatic carbocycles. The highest BCUT2D eigenvalue weighted by molar-refractivity contribution is 7.09. The SMILES string of the molecule is CC/C(=C\c1ccccc1O)CC[C@@H](O)C1=C(C(C)C)C[C@H]2C(=O)N(Cc3cccs3)C(=O)[C@H]2[C@H]1CO. The van der Waals surface area contributed by atoms with Crippen LogP contribution in [0.4, 0.5) is 0 Å². The van der Waals surface area contributed by atoms with Crippen LogP contribution in [0.3, 0.4) is 0 Å². The molecule has 4 atom stereocenters. The number of likely N-dealkylation sites (tertiary alicyclic amines) is 1. The van der Waals surface area contributed by atoms with Crippen LogP contribution < -0.4 is 0 Å². The Labute approximate surface area is 223 Å². The molecule has 0 bridgehead atoms. The average Bonchev–Trinajstić information content (AvgIpc) is 3.49. The third-order valence-electron chi connectivity index (χ3n) is 7.85. The molecule has 6 nitrogen and oxygen atoms in total. The van der Waals surface area contributed by atoms with E-state index in [1.54, 1.807) is 12.1 Å². The average molecular weight is 524 g/mol. The Balaban J connectivity index is 1.58. The van der Waals surface area contributed by atoms with Gasteiger partial charge < -0.3 is 15.3 Å². The van der Waals surface area contributed by atoms with Crippen molar-refractivity contribution < 1.29 is 24.9 Å². The molecule has 2 heterocycles. The Morgan fingerprint density at radius 3 is 2.54 bits per heavy atom. The summed E-state index contributed by atoms with van der Waals surface area (Å²) in [4.78, 5) is 29.1. The largest absolute Gasteiger partial charge is 0.507 e. The number of nitrogens with zero attached hydrogens (tertiary/aromatic N) is 1. The molecule has 1 aromatic carbocycles. The van der Waals surface area contributed by atoms with Crippen molar-refractivity contribution in [2.75, 3.05) is 6.61 Å². The summed E-state index contributed by atoms with van der Waals surface area (Å²) < 4.78 is 0. The molecule has 198 valence electrons. The first-order valence-electron chi connectivity index (χ1n) is 13.1. The second-order valence-corrected chi connectivity index (χ2v) is 11.4. The van der Waals surface area contributed by atoms with Crippen molar-refractivity contribution >= 4 is 29.2 Å². The highest BCUT2D eigenvalue weighted by Crippen LogP contribution is 2.48. The second kappa shape index (κ2) is 11.8. The zero-order chi connectivity index (χ0) is 26.7. The molecular weight excluding hydrogens is 486 g/mol. The van der Waals surface area contributed by atoms with Gasteiger partial charge in [0.05, 0.1) is 31.1 Å². The van der Waals surface area contributed by atoms with E-state index in [9.17, 15) is 24.9 Å². The number of fused-ring (bicyclic) bond motifs is 1. The summed E-state index contributed by atoms with van der Waals surface area (Å²) in [6.07, 6.45) is 3.39. The first-order valence-corrected chi connectivity index (χ1v) is 14.0. The number of aliphatic hydroxyl groups excluding tert-OH is 2. The molecule has 2 amide bonds. The van der Waals surface area contributed by atoms with Gasteiger partial charge >= 0.3 is 0 Å². The molecule has 4 rings (SSSR count). The Morgan fingerprint density at radius 1 is 1.16 bits per heavy atom. The molecule has 1 aromatic heterocycles. The van der Waals surface area contributed by atoms with Gasteiger partial charge in [-0.05, 0) is 54.7 Å². The first kappa shape index (κ1) is 27.3. The highest BCUT2D eigenvalue weighted by atomic mass is 32.1. The number of imide groups is 1. The number of hydrogen-bond acceptors (Lipinski definition) is 6. The van der Waals surface area contributed by atoms with E-state index < -0.39 is 23.9 Å². The normalized spacial score (nSPS) is 23.2. The van der Waals surface area contributed by atoms with Gasteiger partial charge in [0.15, 0.2) is 0 Å². The van der Waals surface area contributed by atoms with Gasteiger partial charge in [-0.1, -0.05) is 62.3 Å². The van der Waals surface area contributed by atoms with Gasteiger partial charge in [-0.15, -0.1) is 11.3 Å². The van der Waals surface area contributed by atoms with Gasteiger partial charge in [0.25, 0.3) is 0 Å². The van der Waals surface area contributed by atoms with Crippen LogP contribution >= 0.6 is 11.3 Å². The number of phenolic OH excluding ortho intramolecular Hbond substituents is 1. The maximum absolute atomic E-state index is 13.5. The fourth-order valence-corrected chi connectivity index (χ4v) is 6.57. The number of aliphatic hydroxyl groups is 2. The number of thiophene rings is 1. The van der Waals surface area contributed by atoms with Crippen LogP contribution in [-0.4, -0.2) is 44.7 Å². The summed E-state index contributed by atoms with van der Waals surface area (Å²) in [6.45, 7) is 6.09. The lowest BCUT2D eigenvalue weighted by Gasteiger charge is -2.38. The summed E-state index contributed by atoms with van der Waals surface area (Å²) in [5, 5.41) is 34.0. The minimum atomic E-state index is -0.830. The van der Waals surface area contributed by atoms with E-state index in [1.807, 2.05) is 56.5 Å². The molecule has 0 unspecified atom stereocenters. The van der Waals surface area contributed by atoms with Crippen LogP contribution in [0.15, 0.2) is 58.5 Å². The molecule has 0 radical (unpaired) electrons. The molecular formula is C30H37NO5S. The van der Waals surface area contributed by atoms with Crippen LogP contribution in [0.25, 0.3) is 6.08 Å². The number of benzene rings is 1. The van der Waals surface area contributed by atoms with Gasteiger partial charge in [-0.3, -0.25) is 14.5 Å². The van der Waals surface area contributed by atoms with E-state index in [0.29, 0.717) is 19.3 Å². The Morgan fingerprint density at radius 2 is 1.92 bits per heavy atom. The summed E-state index contributed by atoms with van der Waals surface area (Å²) in [5.41, 5.74) is 3.55. The molecule has 2 aliphatic rings. The first-order chi connectivity index (χ1) is 17.8. The smallest absolute Gasteiger partial charge is 0.234 e. The van der Waals surface area contributed by atoms with E-state index in [2.05, 4.69) is 0 Å². The van der Waals surface area contributed by atoms with Gasteiger partial charge in [-0.2, -0.15) is 0 Å². The molecule has 37 heavy (non-hydrogen) atoms. The van der Waals surface area contributed by atoms with Crippen LogP contribution in [0.1, 0.15) is 56.9 Å². The minimum Gasteiger partial charge on any atom is -0.507 e. The monoisotopic (exact) mass is 523 g/mol. The number of carbonyl (C=O) groups is 2. The molecule has 1 aliphatic heterocycles. The lowest BCUT2D eigenvalue weighted by atomic mass is 9.66. The van der Waals surface area contributed by atoms with Crippen molar-refractivity contribution in [3.8, 4) is 5.75 Å². The van der Waals surface area contributed by atoms with E-state index in [-0.39, 0.29) is 36.6 Å². The molecule has 7 heteroatoms. The van der Waals surface area contributed by atoms with Gasteiger partial charge in [0.1, 0.15) is 5.75 Å². The molecule has 0 saturated carbocycles. The topological polar surface area (TPSA) is 98.1 Å². The van der Waals surface area contributed by atoms with E-state index in [0.717, 1.165) is 33.6 Å². The van der Waals surface area contributed by atoms with Crippen molar-refractivity contribution in [1.29, 1.82) is 0 Å². The molecule has 0 spiro atoms. The van der Waals surface area contributed by atoms with Crippen LogP contribution in [0, 0.1) is 23.7 Å². The van der Waals surface area contributed by atoms with Crippen LogP contribution in [0.2, 0.25) is 0 Å². The van der Waals surface area contributed by atoms with Crippen molar-refractivity contribution in [2.45, 2.75) is 59.1 Å². The molecule has 1 fully saturated rings. The summed E-state index contributed by atoms with van der Waals surface area (Å²) in [7, 11) is 0. The predicted octanol–water partition coefficient (Wildman–Crippen LogP) is 5.15. The van der Waals surface area contributed by atoms with Crippen molar-refractivity contribution in [2.24, 2.45) is 23.7 Å². The number of hydrogen-bond donors (Lipinski definition) is 3. The fraction of sp³-hybridized carbons (Fsp3) is 0.467. The standard InChI is InChI=1S/C30H37NO5S/c1-4-19(14-20-8-5-6-10-25(20)33)11-12-26(34)27-22(18(2)3)15-23-28(24(27)17-32)30(36)31(29(23)35)16-21-9-7-13-37-21/h5-10,13-14,18,23-24,26,28,32-34H,4,11-12,15-17H2,1-3H3/b19-14+/t23-,24+,26-,28-/m1/s1. The number of allylic oxidation sites excluding steroid dienone is 2. The maximum atomic E-state index is 13.5. The van der Waals surface area contributed by atoms with Crippen LogP contribution in [0.5, 0.6) is 5.75 Å². The third-order valence-corrected chi connectivity index (χ3v) is 8.71. The molecule has 2 aromatic rings. The fourth-order valence-electron chi connectivity index (χ4n) is 5.88. The van der Waals surface area contributed by atoms with Crippen molar-refractivity contribution in [3.05, 3.63) is 68.9 Å². The highest BCUT2D eigenvalue weighted by Gasteiger charge is 2.55. The number of para-hydroxylation sites is 1. The zero-order valence-corrected chi connectivity index (χ0v) is 22.6. The lowest BCUT2D eigenvalue weighted by Crippen LogP contribution is -2.39. The quantitative estimate of drug-likeness (QED) is 0.295. The maximum Gasteiger partial charge on any atom is 0.234 e. The summed E-state index contributed by atoms with van der Waals surface area (Å²) in [6, 6.07) is 11.0. The minimum absolute atomic E-state index is 0.0800. The molecule has 1 saturated heterocycles. The Hall–Kier alpha value is -2.74. The van der Waals surface area contributed by atoms with E-state index >= 15 is 0 Å². The number of amides is 2. The van der Waals surface area contributed by atoms with Gasteiger partial charge in [-0.25, -0.2) is 0 Å². The summed E-state index contributed by atoms with van der Waals surface area (Å²) >= 11 is 1.51. The zero-order valence-electron chi connectivity index (χ0n) is 21.8. The number of carbonyl (C=O) groups excluding carboxylic acids is 2. The second-order valence-electron chi connectivity index (χ2n) is 10.4. The number of aromatic hydroxyl groups is 1. The van der Waals surface area contributed by atoms with Crippen molar-refractivity contribution in [1.82, 2.24) is 4.90 Å². The lowest BCUT2D eigenvalue weighted by molar-refractivity contribution is -0.140. The van der Waals surface area contributed by atoms with Gasteiger partial charge in [0.2, 0.25) is 11.8 Å². The van der Waals surface area contributed by atoms with E-state index in [1.165, 1.54) is 16.2 Å². The van der Waals surface area contributed by atoms with Gasteiger partial charge in [0, 0.05) is 16.4 Å². The predicted molar refractivity (Wildman–Crippen MR) is 146 cm³/mol. The van der Waals surface area contributed by atoms with Crippen LogP contribution in [-0.2, 0) is 16.1 Å². The Bertz CT molecular complexity index is 1180. The van der Waals surface area contributed by atoms with Crippen molar-refractivity contribution in [3.63, 3.8) is 0 Å². The summed E-state index contributed by atoms with van der Waals surface area (Å²) in [5.74, 6) is -1.85. The molecule has 3 N–H and O–H groups in total. The van der Waals surface area contributed by atoms with E-state index in [4.69, 9.17) is 0 Å². The third kappa shape index (κ3) is 5.59.